The van der Waals surface area contributed by atoms with Gasteiger partial charge in [0.05, 0.1) is 16.1 Å². The molecule has 11 heteroatoms. The lowest BCUT2D eigenvalue weighted by Crippen LogP contribution is -2.11. The molecule has 0 amide bonds. The number of aromatic hydroxyl groups is 1. The monoisotopic (exact) mass is 417 g/mol. The lowest BCUT2D eigenvalue weighted by atomic mass is 10.2. The van der Waals surface area contributed by atoms with Crippen molar-refractivity contribution in [1.29, 1.82) is 0 Å². The highest BCUT2D eigenvalue weighted by Gasteiger charge is 2.30. The van der Waals surface area contributed by atoms with E-state index >= 15 is 0 Å². The lowest BCUT2D eigenvalue weighted by Gasteiger charge is -2.08. The normalized spacial score (nSPS) is 13.3. The molecule has 0 saturated carbocycles. The fourth-order valence-electron chi connectivity index (χ4n) is 2.64. The minimum atomic E-state index is -4.48. The Morgan fingerprint density at radius 3 is 2.17 bits per heavy atom. The highest BCUT2D eigenvalue weighted by molar-refractivity contribution is 7.10. The molecule has 0 bridgehead atoms. The molecule has 0 radical (unpaired) electrons. The van der Waals surface area contributed by atoms with Crippen LogP contribution in [-0.4, -0.2) is 9.67 Å². The first kappa shape index (κ1) is 18.7. The van der Waals surface area contributed by atoms with Gasteiger partial charge in [-0.2, -0.15) is 13.2 Å². The summed E-state index contributed by atoms with van der Waals surface area (Å²) < 4.78 is 39.1. The Hall–Kier alpha value is -3.60. The number of benzene rings is 2. The van der Waals surface area contributed by atoms with E-state index in [0.717, 1.165) is 40.2 Å². The van der Waals surface area contributed by atoms with Gasteiger partial charge < -0.3 is 5.11 Å². The summed E-state index contributed by atoms with van der Waals surface area (Å²) in [5.74, 6) is 0.0223. The molecule has 0 atom stereocenters. The Morgan fingerprint density at radius 2 is 1.59 bits per heavy atom. The smallest absolute Gasteiger partial charge is 0.416 e. The molecule has 1 N–H and O–H groups in total. The molecule has 29 heavy (non-hydrogen) atoms. The van der Waals surface area contributed by atoms with Gasteiger partial charge in [0.15, 0.2) is 0 Å². The van der Waals surface area contributed by atoms with Crippen LogP contribution in [0.25, 0.3) is 17.6 Å². The van der Waals surface area contributed by atoms with E-state index in [4.69, 9.17) is 0 Å². The molecule has 0 unspecified atom stereocenters. The first-order valence-electron chi connectivity index (χ1n) is 8.09. The van der Waals surface area contributed by atoms with Crippen LogP contribution < -0.4 is 15.3 Å². The number of thiazole rings is 1. The van der Waals surface area contributed by atoms with Crippen LogP contribution in [0.2, 0.25) is 0 Å². The van der Waals surface area contributed by atoms with Crippen molar-refractivity contribution < 1.29 is 18.3 Å². The van der Waals surface area contributed by atoms with Crippen LogP contribution in [0.4, 0.5) is 13.2 Å². The van der Waals surface area contributed by atoms with Gasteiger partial charge >= 0.3 is 11.0 Å². The van der Waals surface area contributed by atoms with E-state index in [9.17, 15) is 23.1 Å². The fraction of sp³-hybridized carbons (Fsp3) is 0.0556. The summed E-state index contributed by atoms with van der Waals surface area (Å²) in [6, 6.07) is 10.9. The summed E-state index contributed by atoms with van der Waals surface area (Å²) in [5.41, 5.74) is -0.699. The predicted molar refractivity (Wildman–Crippen MR) is 99.0 cm³/mol. The van der Waals surface area contributed by atoms with E-state index in [1.165, 1.54) is 0 Å². The van der Waals surface area contributed by atoms with E-state index in [0.29, 0.717) is 16.3 Å². The number of hydrogen-bond donors (Lipinski definition) is 1. The molecule has 0 spiro atoms. The van der Waals surface area contributed by atoms with Gasteiger partial charge in [0, 0.05) is 5.22 Å². The van der Waals surface area contributed by atoms with Crippen molar-refractivity contribution in [1.82, 2.24) is 4.57 Å². The van der Waals surface area contributed by atoms with Gasteiger partial charge in [-0.15, -0.1) is 10.2 Å². The number of aromatic nitrogens is 1. The second kappa shape index (κ2) is 7.09. The van der Waals surface area contributed by atoms with Crippen LogP contribution in [0.5, 0.6) is 5.88 Å². The van der Waals surface area contributed by atoms with Gasteiger partial charge in [-0.05, 0) is 46.0 Å². The second-order valence-corrected chi connectivity index (χ2v) is 6.90. The summed E-state index contributed by atoms with van der Waals surface area (Å²) in [6.45, 7) is 0. The maximum absolute atomic E-state index is 12.7. The van der Waals surface area contributed by atoms with Crippen molar-refractivity contribution in [2.24, 2.45) is 20.7 Å². The summed E-state index contributed by atoms with van der Waals surface area (Å²) in [4.78, 5) is 12.0. The van der Waals surface area contributed by atoms with Crippen molar-refractivity contribution in [3.63, 3.8) is 0 Å². The maximum Gasteiger partial charge on any atom is 0.416 e. The number of rotatable bonds is 2. The lowest BCUT2D eigenvalue weighted by molar-refractivity contribution is -0.137. The quantitative estimate of drug-likeness (QED) is 0.693. The van der Waals surface area contributed by atoms with E-state index in [2.05, 4.69) is 20.7 Å². The van der Waals surface area contributed by atoms with Crippen LogP contribution in [0.1, 0.15) is 10.4 Å². The average Bonchev–Trinajstić information content (AvgIpc) is 3.31. The zero-order valence-corrected chi connectivity index (χ0v) is 15.1. The summed E-state index contributed by atoms with van der Waals surface area (Å²) in [7, 11) is 0. The third-order valence-corrected chi connectivity index (χ3v) is 4.93. The number of nitrogens with zero attached hydrogens (tertiary/aromatic N) is 5. The van der Waals surface area contributed by atoms with Gasteiger partial charge in [0.1, 0.15) is 0 Å². The summed E-state index contributed by atoms with van der Waals surface area (Å²) in [6.07, 6.45) is -2.89. The van der Waals surface area contributed by atoms with E-state index in [1.54, 1.807) is 30.3 Å². The molecular formula is C18H10F3N5O2S. The van der Waals surface area contributed by atoms with E-state index < -0.39 is 16.6 Å². The van der Waals surface area contributed by atoms with Crippen molar-refractivity contribution in [2.75, 3.05) is 0 Å². The molecule has 7 nitrogen and oxygen atoms in total. The SMILES string of the molecule is O=c1sc(C=c2ccc(=C3N=NN=N3)cc2)c(O)n1-c1ccc(C(F)(F)F)cc1. The van der Waals surface area contributed by atoms with Crippen LogP contribution >= 0.6 is 11.3 Å². The standard InChI is InChI=1S/C18H10F3N5O2S/c19-18(20,21)12-5-7-13(8-6-12)26-16(27)14(29-17(26)28)9-10-1-3-11(4-2-10)15-22-24-25-23-15/h1-9,27H. The molecule has 0 saturated heterocycles. The molecule has 146 valence electrons. The van der Waals surface area contributed by atoms with Gasteiger partial charge in [-0.3, -0.25) is 4.79 Å². The maximum atomic E-state index is 12.7. The van der Waals surface area contributed by atoms with Crippen LogP contribution in [0.3, 0.4) is 0 Å². The molecule has 3 aromatic rings. The molecule has 4 rings (SSSR count). The van der Waals surface area contributed by atoms with Crippen molar-refractivity contribution in [2.45, 2.75) is 6.18 Å². The second-order valence-electron chi connectivity index (χ2n) is 5.90. The molecule has 0 aliphatic carbocycles. The van der Waals surface area contributed by atoms with Crippen LogP contribution in [0.15, 0.2) is 74.0 Å². The van der Waals surface area contributed by atoms with E-state index in [-0.39, 0.29) is 16.4 Å². The Kier molecular flexibility index (Phi) is 4.59. The molecule has 2 heterocycles. The molecule has 1 aliphatic rings. The zero-order chi connectivity index (χ0) is 20.6. The van der Waals surface area contributed by atoms with Gasteiger partial charge in [-0.25, -0.2) is 4.57 Å². The third-order valence-electron chi connectivity index (χ3n) is 4.05. The zero-order valence-electron chi connectivity index (χ0n) is 14.3. The molecule has 1 aliphatic heterocycles. The Balaban J connectivity index is 1.72. The molecule has 2 aromatic carbocycles. The topological polar surface area (TPSA) is 91.7 Å². The van der Waals surface area contributed by atoms with Crippen molar-refractivity contribution >= 4 is 23.2 Å². The first-order chi connectivity index (χ1) is 13.8. The number of hydrogen-bond acceptors (Lipinski definition) is 7. The minimum absolute atomic E-state index is 0.139. The first-order valence-corrected chi connectivity index (χ1v) is 8.91. The average molecular weight is 417 g/mol. The van der Waals surface area contributed by atoms with Gasteiger partial charge in [0.2, 0.25) is 11.7 Å². The molecule has 0 fully saturated rings. The minimum Gasteiger partial charge on any atom is -0.493 e. The van der Waals surface area contributed by atoms with Gasteiger partial charge in [-0.1, -0.05) is 35.6 Å². The fourth-order valence-corrected chi connectivity index (χ4v) is 3.49. The number of halogens is 3. The highest BCUT2D eigenvalue weighted by Crippen LogP contribution is 2.31. The third kappa shape index (κ3) is 3.72. The highest BCUT2D eigenvalue weighted by atomic mass is 32.1. The van der Waals surface area contributed by atoms with E-state index in [1.807, 2.05) is 0 Å². The largest absolute Gasteiger partial charge is 0.493 e. The summed E-state index contributed by atoms with van der Waals surface area (Å²) >= 11 is 0.777. The molecular weight excluding hydrogens is 407 g/mol. The Morgan fingerprint density at radius 1 is 0.966 bits per heavy atom. The Labute approximate surface area is 164 Å². The molecule has 1 aromatic heterocycles. The number of alkyl halides is 3. The summed E-state index contributed by atoms with van der Waals surface area (Å²) in [5, 5.41) is 26.2. The predicted octanol–water partition coefficient (Wildman–Crippen LogP) is 3.35. The van der Waals surface area contributed by atoms with Crippen molar-refractivity contribution in [3.8, 4) is 11.6 Å². The van der Waals surface area contributed by atoms with Crippen LogP contribution in [0, 0.1) is 0 Å². The van der Waals surface area contributed by atoms with Crippen molar-refractivity contribution in [3.05, 3.63) is 79.1 Å². The van der Waals surface area contributed by atoms with Gasteiger partial charge in [0.25, 0.3) is 0 Å². The Bertz CT molecular complexity index is 1280. The van der Waals surface area contributed by atoms with Crippen LogP contribution in [-0.2, 0) is 6.18 Å².